The van der Waals surface area contributed by atoms with E-state index in [4.69, 9.17) is 0 Å². The van der Waals surface area contributed by atoms with Crippen molar-refractivity contribution < 1.29 is 0 Å². The Morgan fingerprint density at radius 1 is 1.14 bits per heavy atom. The van der Waals surface area contributed by atoms with Crippen LogP contribution in [-0.2, 0) is 0 Å². The van der Waals surface area contributed by atoms with Crippen LogP contribution in [0.3, 0.4) is 0 Å². The molecule has 0 saturated carbocycles. The summed E-state index contributed by atoms with van der Waals surface area (Å²) < 4.78 is 0. The molecule has 0 spiro atoms. The molecule has 0 aromatic heterocycles. The highest BCUT2D eigenvalue weighted by Gasteiger charge is 2.13. The second-order valence-corrected chi connectivity index (χ2v) is 5.19. The quantitative estimate of drug-likeness (QED) is 0.502. The lowest BCUT2D eigenvalue weighted by Gasteiger charge is -2.16. The SMILES string of the molecule is C=C/C=C(\C=C/C)C(=N/C)/c1cc(C)c(C)cc1C(=C)C. The molecule has 0 aliphatic heterocycles. The van der Waals surface area contributed by atoms with Crippen molar-refractivity contribution in [1.29, 1.82) is 0 Å². The molecule has 0 N–H and O–H groups in total. The van der Waals surface area contributed by atoms with Crippen LogP contribution in [-0.4, -0.2) is 12.8 Å². The fourth-order valence-corrected chi connectivity index (χ4v) is 2.29. The molecule has 0 amide bonds. The van der Waals surface area contributed by atoms with E-state index in [0.717, 1.165) is 28.0 Å². The molecule has 0 aliphatic carbocycles. The molecule has 1 heteroatoms. The van der Waals surface area contributed by atoms with Gasteiger partial charge in [-0.25, -0.2) is 0 Å². The van der Waals surface area contributed by atoms with Gasteiger partial charge in [-0.2, -0.15) is 0 Å². The second kappa shape index (κ2) is 7.58. The van der Waals surface area contributed by atoms with E-state index in [1.807, 2.05) is 33.0 Å². The van der Waals surface area contributed by atoms with Crippen molar-refractivity contribution in [2.24, 2.45) is 4.99 Å². The highest BCUT2D eigenvalue weighted by molar-refractivity contribution is 6.16. The average Bonchev–Trinajstić information content (AvgIpc) is 2.43. The first-order valence-corrected chi connectivity index (χ1v) is 7.16. The summed E-state index contributed by atoms with van der Waals surface area (Å²) in [6.07, 6.45) is 7.85. The topological polar surface area (TPSA) is 12.4 Å². The molecule has 0 radical (unpaired) electrons. The molecule has 0 saturated heterocycles. The van der Waals surface area contributed by atoms with Crippen molar-refractivity contribution in [3.8, 4) is 0 Å². The summed E-state index contributed by atoms with van der Waals surface area (Å²) in [5, 5.41) is 0. The molecular weight excluding hydrogens is 254 g/mol. The fraction of sp³-hybridized carbons (Fsp3) is 0.250. The number of benzene rings is 1. The standard InChI is InChI=1S/C20H25N/c1-8-10-17(11-9-2)20(21-7)19-13-16(6)15(5)12-18(19)14(3)4/h8-13H,1,3H2,2,4-7H3/b11-9-,17-10+,21-20-. The Bertz CT molecular complexity index is 640. The van der Waals surface area contributed by atoms with Crippen molar-refractivity contribution in [2.45, 2.75) is 27.7 Å². The summed E-state index contributed by atoms with van der Waals surface area (Å²) in [6.45, 7) is 16.2. The number of aryl methyl sites for hydroxylation is 2. The summed E-state index contributed by atoms with van der Waals surface area (Å²) in [7, 11) is 1.83. The van der Waals surface area contributed by atoms with Crippen LogP contribution in [0.4, 0.5) is 0 Å². The second-order valence-electron chi connectivity index (χ2n) is 5.19. The maximum atomic E-state index is 4.52. The van der Waals surface area contributed by atoms with Gasteiger partial charge in [-0.3, -0.25) is 4.99 Å². The smallest absolute Gasteiger partial charge is 0.0721 e. The Balaban J connectivity index is 3.62. The van der Waals surface area contributed by atoms with Crippen molar-refractivity contribution in [1.82, 2.24) is 0 Å². The molecule has 0 atom stereocenters. The molecule has 0 heterocycles. The van der Waals surface area contributed by atoms with Gasteiger partial charge in [-0.15, -0.1) is 0 Å². The van der Waals surface area contributed by atoms with E-state index in [1.54, 1.807) is 6.08 Å². The lowest BCUT2D eigenvalue weighted by Crippen LogP contribution is -2.08. The molecule has 21 heavy (non-hydrogen) atoms. The van der Waals surface area contributed by atoms with Crippen LogP contribution >= 0.6 is 0 Å². The predicted molar refractivity (Wildman–Crippen MR) is 96.2 cm³/mol. The average molecular weight is 279 g/mol. The van der Waals surface area contributed by atoms with Crippen LogP contribution < -0.4 is 0 Å². The van der Waals surface area contributed by atoms with Gasteiger partial charge in [0.25, 0.3) is 0 Å². The minimum absolute atomic E-state index is 0.967. The van der Waals surface area contributed by atoms with E-state index in [0.29, 0.717) is 0 Å². The largest absolute Gasteiger partial charge is 0.287 e. The van der Waals surface area contributed by atoms with Crippen molar-refractivity contribution in [2.75, 3.05) is 7.05 Å². The zero-order chi connectivity index (χ0) is 16.0. The summed E-state index contributed by atoms with van der Waals surface area (Å²) in [6, 6.07) is 4.39. The van der Waals surface area contributed by atoms with Crippen LogP contribution in [0.1, 0.15) is 36.1 Å². The van der Waals surface area contributed by atoms with E-state index in [9.17, 15) is 0 Å². The minimum Gasteiger partial charge on any atom is -0.287 e. The Morgan fingerprint density at radius 2 is 1.71 bits per heavy atom. The third-order valence-electron chi connectivity index (χ3n) is 3.49. The van der Waals surface area contributed by atoms with Gasteiger partial charge in [0.2, 0.25) is 0 Å². The highest BCUT2D eigenvalue weighted by Crippen LogP contribution is 2.25. The molecule has 0 fully saturated rings. The lowest BCUT2D eigenvalue weighted by molar-refractivity contribution is 1.31. The van der Waals surface area contributed by atoms with Crippen LogP contribution in [0.15, 0.2) is 60.2 Å². The summed E-state index contributed by atoms with van der Waals surface area (Å²) in [5.41, 5.74) is 7.88. The van der Waals surface area contributed by atoms with Gasteiger partial charge < -0.3 is 0 Å². The van der Waals surface area contributed by atoms with Gasteiger partial charge >= 0.3 is 0 Å². The number of nitrogens with zero attached hydrogens (tertiary/aromatic N) is 1. The Kier molecular flexibility index (Phi) is 6.10. The monoisotopic (exact) mass is 279 g/mol. The molecular formula is C20H25N. The third-order valence-corrected chi connectivity index (χ3v) is 3.49. The lowest BCUT2D eigenvalue weighted by atomic mass is 9.90. The molecule has 1 nitrogen and oxygen atoms in total. The van der Waals surface area contributed by atoms with E-state index < -0.39 is 0 Å². The minimum atomic E-state index is 0.967. The first-order valence-electron chi connectivity index (χ1n) is 7.16. The van der Waals surface area contributed by atoms with E-state index in [-0.39, 0.29) is 0 Å². The number of rotatable bonds is 5. The molecule has 110 valence electrons. The van der Waals surface area contributed by atoms with E-state index in [2.05, 4.69) is 50.2 Å². The van der Waals surface area contributed by atoms with Crippen LogP contribution in [0.2, 0.25) is 0 Å². The maximum absolute atomic E-state index is 4.52. The Morgan fingerprint density at radius 3 is 2.14 bits per heavy atom. The normalized spacial score (nSPS) is 12.8. The Hall–Kier alpha value is -2.15. The zero-order valence-corrected chi connectivity index (χ0v) is 13.8. The van der Waals surface area contributed by atoms with Crippen LogP contribution in [0.5, 0.6) is 0 Å². The number of allylic oxidation sites excluding steroid dienone is 6. The van der Waals surface area contributed by atoms with E-state index in [1.165, 1.54) is 11.1 Å². The van der Waals surface area contributed by atoms with Crippen molar-refractivity contribution in [3.63, 3.8) is 0 Å². The zero-order valence-electron chi connectivity index (χ0n) is 13.8. The number of hydrogen-bond acceptors (Lipinski definition) is 1. The molecule has 1 rings (SSSR count). The van der Waals surface area contributed by atoms with Gasteiger partial charge in [-0.1, -0.05) is 49.1 Å². The van der Waals surface area contributed by atoms with Crippen molar-refractivity contribution >= 4 is 11.3 Å². The fourth-order valence-electron chi connectivity index (χ4n) is 2.29. The van der Waals surface area contributed by atoms with Crippen molar-refractivity contribution in [3.05, 3.63) is 77.4 Å². The summed E-state index contributed by atoms with van der Waals surface area (Å²) >= 11 is 0. The van der Waals surface area contributed by atoms with Gasteiger partial charge in [0.05, 0.1) is 5.71 Å². The number of aliphatic imine (C=N–C) groups is 1. The van der Waals surface area contributed by atoms with E-state index >= 15 is 0 Å². The third kappa shape index (κ3) is 3.91. The molecule has 1 aromatic rings. The highest BCUT2D eigenvalue weighted by atomic mass is 14.7. The van der Waals surface area contributed by atoms with Gasteiger partial charge in [0, 0.05) is 12.6 Å². The summed E-state index contributed by atoms with van der Waals surface area (Å²) in [5.74, 6) is 0. The van der Waals surface area contributed by atoms with Crippen LogP contribution in [0, 0.1) is 13.8 Å². The molecule has 0 aliphatic rings. The first kappa shape index (κ1) is 16.9. The maximum Gasteiger partial charge on any atom is 0.0721 e. The van der Waals surface area contributed by atoms with Gasteiger partial charge in [0.15, 0.2) is 0 Å². The molecule has 0 unspecified atom stereocenters. The molecule has 0 bridgehead atoms. The number of hydrogen-bond donors (Lipinski definition) is 0. The molecule has 1 aromatic carbocycles. The predicted octanol–water partition coefficient (Wildman–Crippen LogP) is 5.44. The first-order chi connectivity index (χ1) is 9.96. The van der Waals surface area contributed by atoms with Crippen LogP contribution in [0.25, 0.3) is 5.57 Å². The summed E-state index contributed by atoms with van der Waals surface area (Å²) in [4.78, 5) is 4.52. The Labute approximate surface area is 129 Å². The van der Waals surface area contributed by atoms with Gasteiger partial charge in [-0.05, 0) is 56.0 Å². The van der Waals surface area contributed by atoms with Gasteiger partial charge in [0.1, 0.15) is 0 Å².